The molecule has 0 aliphatic rings. The summed E-state index contributed by atoms with van der Waals surface area (Å²) in [5.74, 6) is 0. The zero-order valence-corrected chi connectivity index (χ0v) is 11.8. The van der Waals surface area contributed by atoms with Crippen LogP contribution in [0.25, 0.3) is 0 Å². The van der Waals surface area contributed by atoms with E-state index in [2.05, 4.69) is 65.6 Å². The van der Waals surface area contributed by atoms with Crippen molar-refractivity contribution in [3.05, 3.63) is 59.9 Å². The van der Waals surface area contributed by atoms with Crippen LogP contribution in [0.15, 0.2) is 48.8 Å². The largest absolute Gasteiger partial charge is 0.354 e. The summed E-state index contributed by atoms with van der Waals surface area (Å²) in [6, 6.07) is 12.9. The number of nitrogens with zero attached hydrogens (tertiary/aromatic N) is 1. The lowest BCUT2D eigenvalue weighted by molar-refractivity contribution is 0.643. The number of hydrogen-bond donors (Lipinski definition) is 1. The minimum Gasteiger partial charge on any atom is -0.354 e. The summed E-state index contributed by atoms with van der Waals surface area (Å²) in [6.07, 6.45) is 7.96. The maximum absolute atomic E-state index is 3.51. The average Bonchev–Trinajstić information content (AvgIpc) is 2.88. The van der Waals surface area contributed by atoms with E-state index in [1.165, 1.54) is 24.0 Å². The summed E-state index contributed by atoms with van der Waals surface area (Å²) >= 11 is 0. The standard InChI is InChI=1S/C17H24N2/c1-2-12-19-13-10-17(15-19)14-18-11-6-9-16-7-4-3-5-8-16/h3-5,7-8,10,13,15,18H,2,6,9,11-12,14H2,1H3. The Hall–Kier alpha value is -1.54. The van der Waals surface area contributed by atoms with Crippen LogP contribution in [-0.2, 0) is 19.5 Å². The quantitative estimate of drug-likeness (QED) is 0.714. The molecule has 1 heterocycles. The van der Waals surface area contributed by atoms with Crippen LogP contribution < -0.4 is 5.32 Å². The molecular formula is C17H24N2. The van der Waals surface area contributed by atoms with Crippen molar-refractivity contribution in [2.75, 3.05) is 6.54 Å². The van der Waals surface area contributed by atoms with Crippen LogP contribution in [0.4, 0.5) is 0 Å². The Morgan fingerprint density at radius 1 is 1.05 bits per heavy atom. The van der Waals surface area contributed by atoms with Gasteiger partial charge in [-0.2, -0.15) is 0 Å². The number of benzene rings is 1. The second-order valence-corrected chi connectivity index (χ2v) is 5.02. The van der Waals surface area contributed by atoms with Gasteiger partial charge in [0.1, 0.15) is 0 Å². The SMILES string of the molecule is CCCn1ccc(CNCCCc2ccccc2)c1. The molecule has 0 fully saturated rings. The van der Waals surface area contributed by atoms with Crippen molar-refractivity contribution in [3.8, 4) is 0 Å². The first-order valence-corrected chi connectivity index (χ1v) is 7.28. The second-order valence-electron chi connectivity index (χ2n) is 5.02. The Morgan fingerprint density at radius 3 is 2.68 bits per heavy atom. The minimum atomic E-state index is 0.978. The third-order valence-electron chi connectivity index (χ3n) is 3.28. The summed E-state index contributed by atoms with van der Waals surface area (Å²) in [6.45, 7) is 5.38. The van der Waals surface area contributed by atoms with Crippen molar-refractivity contribution in [2.45, 2.75) is 39.3 Å². The monoisotopic (exact) mass is 256 g/mol. The number of aromatic nitrogens is 1. The van der Waals surface area contributed by atoms with Gasteiger partial charge in [0.2, 0.25) is 0 Å². The molecule has 0 atom stereocenters. The lowest BCUT2D eigenvalue weighted by atomic mass is 10.1. The van der Waals surface area contributed by atoms with Crippen molar-refractivity contribution in [1.29, 1.82) is 0 Å². The molecule has 0 bridgehead atoms. The molecule has 1 aromatic heterocycles. The van der Waals surface area contributed by atoms with Gasteiger partial charge in [0.05, 0.1) is 0 Å². The van der Waals surface area contributed by atoms with E-state index in [9.17, 15) is 0 Å². The van der Waals surface area contributed by atoms with Crippen LogP contribution in [0.5, 0.6) is 0 Å². The van der Waals surface area contributed by atoms with Gasteiger partial charge in [-0.05, 0) is 43.0 Å². The molecule has 102 valence electrons. The first-order chi connectivity index (χ1) is 9.38. The van der Waals surface area contributed by atoms with Crippen LogP contribution in [0, 0.1) is 0 Å². The number of nitrogens with one attached hydrogen (secondary N) is 1. The highest BCUT2D eigenvalue weighted by molar-refractivity contribution is 5.14. The molecule has 1 aromatic carbocycles. The Morgan fingerprint density at radius 2 is 1.89 bits per heavy atom. The Kier molecular flexibility index (Phi) is 5.70. The van der Waals surface area contributed by atoms with Gasteiger partial charge < -0.3 is 9.88 Å². The zero-order chi connectivity index (χ0) is 13.3. The van der Waals surface area contributed by atoms with Gasteiger partial charge in [0, 0.05) is 25.5 Å². The maximum Gasteiger partial charge on any atom is 0.0220 e. The molecule has 2 heteroatoms. The van der Waals surface area contributed by atoms with E-state index in [-0.39, 0.29) is 0 Å². The first kappa shape index (κ1) is 13.9. The highest BCUT2D eigenvalue weighted by Gasteiger charge is 1.96. The van der Waals surface area contributed by atoms with E-state index in [1.54, 1.807) is 0 Å². The first-order valence-electron chi connectivity index (χ1n) is 7.28. The summed E-state index contributed by atoms with van der Waals surface area (Å²) in [5, 5.41) is 3.51. The molecule has 0 saturated carbocycles. The van der Waals surface area contributed by atoms with Crippen molar-refractivity contribution in [1.82, 2.24) is 9.88 Å². The summed E-state index contributed by atoms with van der Waals surface area (Å²) in [7, 11) is 0. The van der Waals surface area contributed by atoms with Gasteiger partial charge in [-0.15, -0.1) is 0 Å². The van der Waals surface area contributed by atoms with Crippen molar-refractivity contribution < 1.29 is 0 Å². The van der Waals surface area contributed by atoms with Crippen molar-refractivity contribution in [2.24, 2.45) is 0 Å². The molecule has 0 saturated heterocycles. The van der Waals surface area contributed by atoms with Crippen LogP contribution in [-0.4, -0.2) is 11.1 Å². The fraction of sp³-hybridized carbons (Fsp3) is 0.412. The molecule has 1 N–H and O–H groups in total. The second kappa shape index (κ2) is 7.80. The van der Waals surface area contributed by atoms with Crippen LogP contribution in [0.2, 0.25) is 0 Å². The molecule has 0 unspecified atom stereocenters. The zero-order valence-electron chi connectivity index (χ0n) is 11.8. The lowest BCUT2D eigenvalue weighted by Crippen LogP contribution is -2.15. The topological polar surface area (TPSA) is 17.0 Å². The third kappa shape index (κ3) is 4.92. The molecule has 2 nitrogen and oxygen atoms in total. The van der Waals surface area contributed by atoms with E-state index >= 15 is 0 Å². The molecular weight excluding hydrogens is 232 g/mol. The molecule has 0 amide bonds. The fourth-order valence-electron chi connectivity index (χ4n) is 2.29. The summed E-state index contributed by atoms with van der Waals surface area (Å²) in [5.41, 5.74) is 2.81. The van der Waals surface area contributed by atoms with E-state index in [1.807, 2.05) is 0 Å². The molecule has 2 aromatic rings. The average molecular weight is 256 g/mol. The number of rotatable bonds is 8. The number of hydrogen-bond acceptors (Lipinski definition) is 1. The van der Waals surface area contributed by atoms with Gasteiger partial charge in [-0.3, -0.25) is 0 Å². The van der Waals surface area contributed by atoms with E-state index in [4.69, 9.17) is 0 Å². The van der Waals surface area contributed by atoms with Gasteiger partial charge in [0.25, 0.3) is 0 Å². The molecule has 0 aliphatic heterocycles. The molecule has 19 heavy (non-hydrogen) atoms. The van der Waals surface area contributed by atoms with Crippen molar-refractivity contribution >= 4 is 0 Å². The van der Waals surface area contributed by atoms with Gasteiger partial charge in [-0.25, -0.2) is 0 Å². The normalized spacial score (nSPS) is 10.8. The third-order valence-corrected chi connectivity index (χ3v) is 3.28. The number of aryl methyl sites for hydroxylation is 2. The predicted molar refractivity (Wildman–Crippen MR) is 81.2 cm³/mol. The predicted octanol–water partition coefficient (Wildman–Crippen LogP) is 3.62. The Balaban J connectivity index is 1.61. The van der Waals surface area contributed by atoms with Gasteiger partial charge >= 0.3 is 0 Å². The summed E-state index contributed by atoms with van der Waals surface area (Å²) < 4.78 is 2.26. The van der Waals surface area contributed by atoms with Crippen LogP contribution in [0.1, 0.15) is 30.9 Å². The van der Waals surface area contributed by atoms with Gasteiger partial charge in [-0.1, -0.05) is 37.3 Å². The molecule has 0 spiro atoms. The van der Waals surface area contributed by atoms with Crippen molar-refractivity contribution in [3.63, 3.8) is 0 Å². The molecule has 0 radical (unpaired) electrons. The Bertz CT molecular complexity index is 459. The van der Waals surface area contributed by atoms with Gasteiger partial charge in [0.15, 0.2) is 0 Å². The Labute approximate surface area is 116 Å². The van der Waals surface area contributed by atoms with E-state index < -0.39 is 0 Å². The maximum atomic E-state index is 3.51. The highest BCUT2D eigenvalue weighted by atomic mass is 14.9. The van der Waals surface area contributed by atoms with Crippen LogP contribution >= 0.6 is 0 Å². The highest BCUT2D eigenvalue weighted by Crippen LogP contribution is 2.03. The molecule has 0 aliphatic carbocycles. The van der Waals surface area contributed by atoms with E-state index in [0.29, 0.717) is 0 Å². The lowest BCUT2D eigenvalue weighted by Gasteiger charge is -2.04. The molecule has 2 rings (SSSR count). The fourth-order valence-corrected chi connectivity index (χ4v) is 2.29. The van der Waals surface area contributed by atoms with Crippen LogP contribution in [0.3, 0.4) is 0 Å². The smallest absolute Gasteiger partial charge is 0.0220 e. The van der Waals surface area contributed by atoms with E-state index in [0.717, 1.165) is 26.1 Å². The summed E-state index contributed by atoms with van der Waals surface area (Å²) in [4.78, 5) is 0. The minimum absolute atomic E-state index is 0.978.